The third-order valence-corrected chi connectivity index (χ3v) is 10.4. The third-order valence-electron chi connectivity index (χ3n) is 10.4. The second-order valence-electron chi connectivity index (χ2n) is 13.5. The Hall–Kier alpha value is -7.73. The van der Waals surface area contributed by atoms with Crippen LogP contribution in [0.5, 0.6) is 0 Å². The minimum atomic E-state index is 0.599. The van der Waals surface area contributed by atoms with Crippen molar-refractivity contribution in [2.75, 3.05) is 0 Å². The van der Waals surface area contributed by atoms with Gasteiger partial charge in [-0.05, 0) is 107 Å². The topological polar surface area (TPSA) is 70.3 Å². The fraction of sp³-hybridized carbons (Fsp3) is 0. The SMILES string of the molecule is N#Cc1ccc(-c2cc(-c3ccc(C#N)cc3)nc(-n3c4ccccc4c4cc(-c5ccc6c(c5)c5ccccc5n6-c5ccccc5)ccc43)c2)cc1. The fourth-order valence-corrected chi connectivity index (χ4v) is 7.80. The van der Waals surface area contributed by atoms with Crippen molar-refractivity contribution < 1.29 is 0 Å². The molecular weight excluding hydrogens is 659 g/mol. The van der Waals surface area contributed by atoms with E-state index >= 15 is 0 Å². The van der Waals surface area contributed by atoms with E-state index in [2.05, 4.69) is 149 Å². The summed E-state index contributed by atoms with van der Waals surface area (Å²) in [6.07, 6.45) is 0. The van der Waals surface area contributed by atoms with Crippen LogP contribution in [-0.4, -0.2) is 14.1 Å². The van der Waals surface area contributed by atoms with E-state index in [0.29, 0.717) is 11.1 Å². The molecule has 5 heteroatoms. The van der Waals surface area contributed by atoms with Gasteiger partial charge in [0.25, 0.3) is 0 Å². The lowest BCUT2D eigenvalue weighted by atomic mass is 10.0. The Bertz CT molecular complexity index is 3080. The molecule has 54 heavy (non-hydrogen) atoms. The predicted molar refractivity (Wildman–Crippen MR) is 219 cm³/mol. The van der Waals surface area contributed by atoms with E-state index in [0.717, 1.165) is 66.8 Å². The van der Waals surface area contributed by atoms with Crippen molar-refractivity contribution in [3.05, 3.63) is 187 Å². The first-order valence-electron chi connectivity index (χ1n) is 17.8. The zero-order chi connectivity index (χ0) is 36.2. The standard InChI is InChI=1S/C49H29N5/c50-30-32-14-18-34(19-15-32)38-28-44(35-20-16-33(31-51)17-21-35)52-49(29-38)54-46-13-7-5-11-41(46)43-27-37(23-25-48(43)54)36-22-24-47-42(26-36)40-10-4-6-12-45(40)53(47)39-8-2-1-3-9-39/h1-29H. The first-order chi connectivity index (χ1) is 26.7. The minimum absolute atomic E-state index is 0.599. The molecule has 0 aliphatic heterocycles. The molecule has 0 spiro atoms. The summed E-state index contributed by atoms with van der Waals surface area (Å²) in [5.74, 6) is 0.783. The molecule has 0 saturated carbocycles. The van der Waals surface area contributed by atoms with E-state index in [4.69, 9.17) is 4.98 Å². The number of rotatable bonds is 5. The zero-order valence-corrected chi connectivity index (χ0v) is 29.0. The van der Waals surface area contributed by atoms with Crippen LogP contribution < -0.4 is 0 Å². The van der Waals surface area contributed by atoms with Crippen molar-refractivity contribution in [1.82, 2.24) is 14.1 Å². The van der Waals surface area contributed by atoms with Gasteiger partial charge in [0.05, 0.1) is 51.0 Å². The molecular formula is C49H29N5. The Morgan fingerprint density at radius 1 is 0.370 bits per heavy atom. The highest BCUT2D eigenvalue weighted by Crippen LogP contribution is 2.39. The largest absolute Gasteiger partial charge is 0.309 e. The van der Waals surface area contributed by atoms with E-state index < -0.39 is 0 Å². The molecule has 3 heterocycles. The van der Waals surface area contributed by atoms with Crippen molar-refractivity contribution in [1.29, 1.82) is 10.5 Å². The van der Waals surface area contributed by atoms with Gasteiger partial charge in [-0.25, -0.2) is 4.98 Å². The summed E-state index contributed by atoms with van der Waals surface area (Å²) in [5, 5.41) is 23.6. The highest BCUT2D eigenvalue weighted by atomic mass is 15.1. The summed E-state index contributed by atoms with van der Waals surface area (Å²) in [7, 11) is 0. The first-order valence-corrected chi connectivity index (χ1v) is 17.8. The lowest BCUT2D eigenvalue weighted by Gasteiger charge is -2.13. The highest BCUT2D eigenvalue weighted by molar-refractivity contribution is 6.12. The van der Waals surface area contributed by atoms with Crippen LogP contribution in [0.25, 0.3) is 88.6 Å². The third kappa shape index (κ3) is 5.04. The van der Waals surface area contributed by atoms with Crippen LogP contribution >= 0.6 is 0 Å². The van der Waals surface area contributed by atoms with Crippen molar-refractivity contribution >= 4 is 43.6 Å². The quantitative estimate of drug-likeness (QED) is 0.181. The van der Waals surface area contributed by atoms with Crippen molar-refractivity contribution in [2.24, 2.45) is 0 Å². The fourth-order valence-electron chi connectivity index (χ4n) is 7.80. The molecule has 250 valence electrons. The molecule has 0 unspecified atom stereocenters. The molecule has 0 bridgehead atoms. The zero-order valence-electron chi connectivity index (χ0n) is 29.0. The molecule has 0 fully saturated rings. The second-order valence-corrected chi connectivity index (χ2v) is 13.5. The summed E-state index contributed by atoms with van der Waals surface area (Å²) < 4.78 is 4.59. The monoisotopic (exact) mass is 687 g/mol. The Labute approximate surface area is 311 Å². The number of nitrogens with zero attached hydrogens (tertiary/aromatic N) is 5. The number of nitriles is 2. The number of hydrogen-bond acceptors (Lipinski definition) is 3. The van der Waals surface area contributed by atoms with Crippen LogP contribution in [0.1, 0.15) is 11.1 Å². The van der Waals surface area contributed by atoms with Gasteiger partial charge in [0.1, 0.15) is 5.82 Å². The summed E-state index contributed by atoms with van der Waals surface area (Å²) in [6, 6.07) is 65.0. The Kier molecular flexibility index (Phi) is 7.18. The summed E-state index contributed by atoms with van der Waals surface area (Å²) >= 11 is 0. The number of benzene rings is 7. The number of fused-ring (bicyclic) bond motifs is 6. The first kappa shape index (κ1) is 31.0. The number of para-hydroxylation sites is 3. The molecule has 0 radical (unpaired) electrons. The Balaban J connectivity index is 1.16. The van der Waals surface area contributed by atoms with Crippen LogP contribution in [-0.2, 0) is 0 Å². The molecule has 10 aromatic rings. The van der Waals surface area contributed by atoms with Gasteiger partial charge in [-0.3, -0.25) is 4.57 Å². The van der Waals surface area contributed by atoms with Gasteiger partial charge in [0, 0.05) is 32.8 Å². The molecule has 0 atom stereocenters. The average Bonchev–Trinajstić information content (AvgIpc) is 3.76. The molecule has 3 aromatic heterocycles. The van der Waals surface area contributed by atoms with Crippen molar-refractivity contribution in [3.63, 3.8) is 0 Å². The summed E-state index contributed by atoms with van der Waals surface area (Å²) in [4.78, 5) is 5.26. The molecule has 5 nitrogen and oxygen atoms in total. The van der Waals surface area contributed by atoms with Crippen molar-refractivity contribution in [2.45, 2.75) is 0 Å². The maximum absolute atomic E-state index is 9.44. The molecule has 0 saturated heterocycles. The lowest BCUT2D eigenvalue weighted by Crippen LogP contribution is -2.00. The maximum atomic E-state index is 9.44. The van der Waals surface area contributed by atoms with Gasteiger partial charge >= 0.3 is 0 Å². The van der Waals surface area contributed by atoms with Crippen LogP contribution in [0.2, 0.25) is 0 Å². The van der Waals surface area contributed by atoms with E-state index in [-0.39, 0.29) is 0 Å². The molecule has 7 aromatic carbocycles. The van der Waals surface area contributed by atoms with Gasteiger partial charge in [0.2, 0.25) is 0 Å². The van der Waals surface area contributed by atoms with Crippen LogP contribution in [0.3, 0.4) is 0 Å². The van der Waals surface area contributed by atoms with E-state index in [1.54, 1.807) is 0 Å². The van der Waals surface area contributed by atoms with Gasteiger partial charge in [0.15, 0.2) is 0 Å². The minimum Gasteiger partial charge on any atom is -0.309 e. The van der Waals surface area contributed by atoms with Gasteiger partial charge in [-0.2, -0.15) is 10.5 Å². The molecule has 10 rings (SSSR count). The molecule has 0 aliphatic carbocycles. The Morgan fingerprint density at radius 3 is 1.44 bits per heavy atom. The van der Waals surface area contributed by atoms with E-state index in [9.17, 15) is 10.5 Å². The number of pyridine rings is 1. The lowest BCUT2D eigenvalue weighted by molar-refractivity contribution is 1.08. The second kappa shape index (κ2) is 12.5. The van der Waals surface area contributed by atoms with Gasteiger partial charge < -0.3 is 4.57 Å². The summed E-state index contributed by atoms with van der Waals surface area (Å²) in [5.41, 5.74) is 12.8. The van der Waals surface area contributed by atoms with E-state index in [1.807, 2.05) is 48.5 Å². The average molecular weight is 688 g/mol. The van der Waals surface area contributed by atoms with Gasteiger partial charge in [-0.1, -0.05) is 91.0 Å². The number of hydrogen-bond donors (Lipinski definition) is 0. The smallest absolute Gasteiger partial charge is 0.138 e. The highest BCUT2D eigenvalue weighted by Gasteiger charge is 2.18. The maximum Gasteiger partial charge on any atom is 0.138 e. The van der Waals surface area contributed by atoms with Crippen LogP contribution in [0.4, 0.5) is 0 Å². The van der Waals surface area contributed by atoms with E-state index in [1.165, 1.54) is 21.8 Å². The number of aromatic nitrogens is 3. The van der Waals surface area contributed by atoms with Crippen LogP contribution in [0, 0.1) is 22.7 Å². The summed E-state index contributed by atoms with van der Waals surface area (Å²) in [6.45, 7) is 0. The van der Waals surface area contributed by atoms with Crippen molar-refractivity contribution in [3.8, 4) is 57.2 Å². The van der Waals surface area contributed by atoms with Crippen LogP contribution in [0.15, 0.2) is 176 Å². The normalized spacial score (nSPS) is 11.3. The molecule has 0 N–H and O–H groups in total. The van der Waals surface area contributed by atoms with Gasteiger partial charge in [-0.15, -0.1) is 0 Å². The predicted octanol–water partition coefficient (Wildman–Crippen LogP) is 12.0. The Morgan fingerprint density at radius 2 is 0.852 bits per heavy atom. The molecule has 0 aliphatic rings. The molecule has 0 amide bonds.